The Hall–Kier alpha value is -1.62. The lowest BCUT2D eigenvalue weighted by Gasteiger charge is -2.28. The van der Waals surface area contributed by atoms with Crippen molar-refractivity contribution in [2.75, 3.05) is 0 Å². The Kier molecular flexibility index (Phi) is 3.58. The lowest BCUT2D eigenvalue weighted by Crippen LogP contribution is -2.41. The number of aromatic carboxylic acids is 1. The number of carboxylic acids is 1. The molecule has 0 spiro atoms. The molecule has 0 aliphatic heterocycles. The van der Waals surface area contributed by atoms with Gasteiger partial charge in [0.25, 0.3) is 0 Å². The third-order valence-electron chi connectivity index (χ3n) is 3.02. The molecule has 5 heteroatoms. The lowest BCUT2D eigenvalue weighted by molar-refractivity contribution is 0.0680. The third kappa shape index (κ3) is 2.74. The zero-order valence-corrected chi connectivity index (χ0v) is 9.50. The molecule has 1 aliphatic carbocycles. The van der Waals surface area contributed by atoms with Crippen LogP contribution in [0.15, 0.2) is 18.3 Å². The topological polar surface area (TPSA) is 85.4 Å². The molecule has 1 aliphatic rings. The molecule has 0 saturated heterocycles. The molecule has 92 valence electrons. The first kappa shape index (κ1) is 11.9. The molecule has 3 N–H and O–H groups in total. The Balaban J connectivity index is 2.14. The second-order valence-electron chi connectivity index (χ2n) is 4.27. The second-order valence-corrected chi connectivity index (χ2v) is 4.27. The maximum atomic E-state index is 11.0. The first-order chi connectivity index (χ1) is 8.18. The predicted molar refractivity (Wildman–Crippen MR) is 62.1 cm³/mol. The molecule has 0 radical (unpaired) electrons. The van der Waals surface area contributed by atoms with E-state index in [0.717, 1.165) is 25.7 Å². The Bertz CT molecular complexity index is 408. The highest BCUT2D eigenvalue weighted by Gasteiger charge is 2.25. The third-order valence-corrected chi connectivity index (χ3v) is 3.02. The van der Waals surface area contributed by atoms with Crippen molar-refractivity contribution in [1.82, 2.24) is 4.98 Å². The van der Waals surface area contributed by atoms with Crippen LogP contribution in [0.5, 0.6) is 5.88 Å². The van der Waals surface area contributed by atoms with E-state index in [2.05, 4.69) is 4.98 Å². The van der Waals surface area contributed by atoms with E-state index < -0.39 is 5.97 Å². The molecule has 0 bridgehead atoms. The summed E-state index contributed by atoms with van der Waals surface area (Å²) < 4.78 is 5.64. The van der Waals surface area contributed by atoms with Crippen LogP contribution in [0.2, 0.25) is 0 Å². The number of carboxylic acid groups (broad SMARTS) is 1. The van der Waals surface area contributed by atoms with E-state index in [1.807, 2.05) is 0 Å². The molecular weight excluding hydrogens is 220 g/mol. The minimum absolute atomic E-state index is 0.0348. The summed E-state index contributed by atoms with van der Waals surface area (Å²) >= 11 is 0. The molecule has 1 heterocycles. The summed E-state index contributed by atoms with van der Waals surface area (Å²) in [7, 11) is 0. The van der Waals surface area contributed by atoms with Gasteiger partial charge in [-0.2, -0.15) is 0 Å². The zero-order valence-electron chi connectivity index (χ0n) is 9.50. The fraction of sp³-hybridized carbons (Fsp3) is 0.500. The highest BCUT2D eigenvalue weighted by Crippen LogP contribution is 2.23. The van der Waals surface area contributed by atoms with Gasteiger partial charge in [-0.3, -0.25) is 0 Å². The van der Waals surface area contributed by atoms with E-state index >= 15 is 0 Å². The number of ether oxygens (including phenoxy) is 1. The average Bonchev–Trinajstić information content (AvgIpc) is 2.32. The molecule has 1 aromatic heterocycles. The van der Waals surface area contributed by atoms with E-state index in [1.54, 1.807) is 6.07 Å². The van der Waals surface area contributed by atoms with Crippen molar-refractivity contribution in [3.05, 3.63) is 23.9 Å². The van der Waals surface area contributed by atoms with Crippen molar-refractivity contribution in [2.45, 2.75) is 37.8 Å². The van der Waals surface area contributed by atoms with Crippen LogP contribution in [-0.4, -0.2) is 28.2 Å². The van der Waals surface area contributed by atoms with Crippen LogP contribution in [0.4, 0.5) is 0 Å². The van der Waals surface area contributed by atoms with Gasteiger partial charge in [-0.1, -0.05) is 6.42 Å². The molecule has 1 fully saturated rings. The van der Waals surface area contributed by atoms with Gasteiger partial charge in [0.15, 0.2) is 0 Å². The normalized spacial score (nSPS) is 24.3. The number of carbonyl (C=O) groups is 1. The largest absolute Gasteiger partial charge is 0.477 e. The van der Waals surface area contributed by atoms with Crippen LogP contribution in [-0.2, 0) is 0 Å². The number of hydrogen-bond acceptors (Lipinski definition) is 4. The quantitative estimate of drug-likeness (QED) is 0.829. The van der Waals surface area contributed by atoms with Gasteiger partial charge in [-0.05, 0) is 31.4 Å². The highest BCUT2D eigenvalue weighted by molar-refractivity contribution is 5.90. The summed E-state index contributed by atoms with van der Waals surface area (Å²) in [5.41, 5.74) is 6.04. The van der Waals surface area contributed by atoms with Crippen LogP contribution in [0.25, 0.3) is 0 Å². The van der Waals surface area contributed by atoms with Crippen molar-refractivity contribution < 1.29 is 14.6 Å². The monoisotopic (exact) mass is 236 g/mol. The summed E-state index contributed by atoms with van der Waals surface area (Å²) in [6, 6.07) is 3.03. The first-order valence-corrected chi connectivity index (χ1v) is 5.79. The molecule has 1 saturated carbocycles. The summed E-state index contributed by atoms with van der Waals surface area (Å²) in [6.45, 7) is 0. The Labute approximate surface area is 99.6 Å². The molecule has 17 heavy (non-hydrogen) atoms. The summed E-state index contributed by atoms with van der Waals surface area (Å²) in [6.07, 6.45) is 5.34. The van der Waals surface area contributed by atoms with Crippen molar-refractivity contribution in [1.29, 1.82) is 0 Å². The van der Waals surface area contributed by atoms with Gasteiger partial charge in [0.2, 0.25) is 5.88 Å². The van der Waals surface area contributed by atoms with E-state index in [0.29, 0.717) is 0 Å². The molecule has 0 aromatic carbocycles. The molecule has 2 unspecified atom stereocenters. The van der Waals surface area contributed by atoms with Gasteiger partial charge < -0.3 is 15.6 Å². The van der Waals surface area contributed by atoms with Gasteiger partial charge in [-0.25, -0.2) is 9.78 Å². The van der Waals surface area contributed by atoms with Crippen molar-refractivity contribution in [3.63, 3.8) is 0 Å². The number of rotatable bonds is 3. The summed E-state index contributed by atoms with van der Waals surface area (Å²) in [5, 5.41) is 9.01. The minimum atomic E-state index is -1.03. The fourth-order valence-corrected chi connectivity index (χ4v) is 2.06. The SMILES string of the molecule is NC1CCCCC1Oc1ncccc1C(=O)O. The van der Waals surface area contributed by atoms with Crippen LogP contribution in [0, 0.1) is 0 Å². The Morgan fingerprint density at radius 1 is 1.47 bits per heavy atom. The van der Waals surface area contributed by atoms with E-state index in [4.69, 9.17) is 15.6 Å². The predicted octanol–water partition coefficient (Wildman–Crippen LogP) is 1.43. The number of nitrogens with zero attached hydrogens (tertiary/aromatic N) is 1. The molecule has 2 atom stereocenters. The van der Waals surface area contributed by atoms with Crippen molar-refractivity contribution >= 4 is 5.97 Å². The summed E-state index contributed by atoms with van der Waals surface area (Å²) in [4.78, 5) is 15.0. The maximum Gasteiger partial charge on any atom is 0.341 e. The molecule has 5 nitrogen and oxygen atoms in total. The second kappa shape index (κ2) is 5.14. The van der Waals surface area contributed by atoms with Gasteiger partial charge in [-0.15, -0.1) is 0 Å². The van der Waals surface area contributed by atoms with Crippen LogP contribution in [0.3, 0.4) is 0 Å². The average molecular weight is 236 g/mol. The zero-order chi connectivity index (χ0) is 12.3. The molecule has 0 amide bonds. The highest BCUT2D eigenvalue weighted by atomic mass is 16.5. The van der Waals surface area contributed by atoms with Gasteiger partial charge in [0, 0.05) is 12.2 Å². The van der Waals surface area contributed by atoms with Gasteiger partial charge in [0.05, 0.1) is 0 Å². The maximum absolute atomic E-state index is 11.0. The van der Waals surface area contributed by atoms with Crippen molar-refractivity contribution in [3.8, 4) is 5.88 Å². The van der Waals surface area contributed by atoms with Crippen molar-refractivity contribution in [2.24, 2.45) is 5.73 Å². The number of nitrogens with two attached hydrogens (primary N) is 1. The smallest absolute Gasteiger partial charge is 0.341 e. The Morgan fingerprint density at radius 3 is 2.94 bits per heavy atom. The van der Waals surface area contributed by atoms with E-state index in [-0.39, 0.29) is 23.6 Å². The number of aromatic nitrogens is 1. The van der Waals surface area contributed by atoms with Crippen LogP contribution in [0.1, 0.15) is 36.0 Å². The first-order valence-electron chi connectivity index (χ1n) is 5.79. The van der Waals surface area contributed by atoms with Crippen LogP contribution < -0.4 is 10.5 Å². The molecule has 1 aromatic rings. The lowest BCUT2D eigenvalue weighted by atomic mass is 9.93. The van der Waals surface area contributed by atoms with E-state index in [1.165, 1.54) is 12.3 Å². The Morgan fingerprint density at radius 2 is 2.24 bits per heavy atom. The van der Waals surface area contributed by atoms with Crippen LogP contribution >= 0.6 is 0 Å². The van der Waals surface area contributed by atoms with Gasteiger partial charge >= 0.3 is 5.97 Å². The number of pyridine rings is 1. The number of hydrogen-bond donors (Lipinski definition) is 2. The van der Waals surface area contributed by atoms with E-state index in [9.17, 15) is 4.79 Å². The minimum Gasteiger partial charge on any atom is -0.477 e. The molecule has 2 rings (SSSR count). The molecular formula is C12H16N2O3. The fourth-order valence-electron chi connectivity index (χ4n) is 2.06. The standard InChI is InChI=1S/C12H16N2O3/c13-9-5-1-2-6-10(9)17-11-8(12(15)16)4-3-7-14-11/h3-4,7,9-10H,1-2,5-6,13H2,(H,15,16). The van der Waals surface area contributed by atoms with Gasteiger partial charge in [0.1, 0.15) is 11.7 Å². The summed E-state index contributed by atoms with van der Waals surface area (Å²) in [5.74, 6) is -0.861.